The molecule has 0 spiro atoms. The molecule has 0 fully saturated rings. The minimum atomic E-state index is 0.585. The molecular formula is C15H13BrN2. The first-order valence-corrected chi connectivity index (χ1v) is 6.66. The summed E-state index contributed by atoms with van der Waals surface area (Å²) in [5.74, 6) is 0.585. The van der Waals surface area contributed by atoms with Gasteiger partial charge in [-0.1, -0.05) is 46.3 Å². The molecule has 1 aliphatic rings. The average molecular weight is 301 g/mol. The molecule has 0 unspecified atom stereocenters. The third kappa shape index (κ3) is 1.75. The number of nitrogens with one attached hydrogen (secondary N) is 1. The van der Waals surface area contributed by atoms with Gasteiger partial charge in [0.25, 0.3) is 0 Å². The topological polar surface area (TPSA) is 27.1 Å². The number of halogens is 1. The van der Waals surface area contributed by atoms with E-state index in [1.165, 1.54) is 11.1 Å². The molecular weight excluding hydrogens is 288 g/mol. The van der Waals surface area contributed by atoms with Gasteiger partial charge in [0.2, 0.25) is 0 Å². The first-order valence-electron chi connectivity index (χ1n) is 5.87. The van der Waals surface area contributed by atoms with Gasteiger partial charge in [0.15, 0.2) is 0 Å². The smallest absolute Gasteiger partial charge is 0.133 e. The maximum Gasteiger partial charge on any atom is 0.133 e. The molecule has 0 radical (unpaired) electrons. The van der Waals surface area contributed by atoms with Crippen LogP contribution in [0.3, 0.4) is 0 Å². The van der Waals surface area contributed by atoms with Crippen molar-refractivity contribution in [2.24, 2.45) is 0 Å². The zero-order valence-electron chi connectivity index (χ0n) is 10.1. The number of anilines is 1. The minimum Gasteiger partial charge on any atom is -0.322 e. The lowest BCUT2D eigenvalue weighted by atomic mass is 10.1. The predicted molar refractivity (Wildman–Crippen MR) is 78.3 cm³/mol. The zero-order chi connectivity index (χ0) is 12.7. The van der Waals surface area contributed by atoms with E-state index in [1.807, 2.05) is 23.1 Å². The fourth-order valence-electron chi connectivity index (χ4n) is 2.25. The predicted octanol–water partition coefficient (Wildman–Crippen LogP) is 4.10. The summed E-state index contributed by atoms with van der Waals surface area (Å²) in [4.78, 5) is 2.04. The SMILES string of the molecule is Cc1ccc(N2Cc3ccccc3C2=N)cc1Br. The van der Waals surface area contributed by atoms with Gasteiger partial charge in [-0.05, 0) is 30.2 Å². The largest absolute Gasteiger partial charge is 0.322 e. The Bertz CT molecular complexity index is 634. The molecule has 0 aromatic heterocycles. The summed E-state index contributed by atoms with van der Waals surface area (Å²) in [6.45, 7) is 2.85. The van der Waals surface area contributed by atoms with Crippen LogP contribution in [0.5, 0.6) is 0 Å². The highest BCUT2D eigenvalue weighted by atomic mass is 79.9. The van der Waals surface area contributed by atoms with Crippen LogP contribution in [0.4, 0.5) is 5.69 Å². The van der Waals surface area contributed by atoms with E-state index in [0.717, 1.165) is 22.3 Å². The third-order valence-corrected chi connectivity index (χ3v) is 4.19. The zero-order valence-corrected chi connectivity index (χ0v) is 11.7. The molecule has 90 valence electrons. The maximum atomic E-state index is 8.26. The number of nitrogens with zero attached hydrogens (tertiary/aromatic N) is 1. The van der Waals surface area contributed by atoms with Crippen molar-refractivity contribution < 1.29 is 0 Å². The molecule has 0 saturated carbocycles. The molecule has 2 aromatic carbocycles. The number of aryl methyl sites for hydroxylation is 1. The Morgan fingerprint density at radius 1 is 1.17 bits per heavy atom. The summed E-state index contributed by atoms with van der Waals surface area (Å²) >= 11 is 3.55. The maximum absolute atomic E-state index is 8.26. The number of hydrogen-bond acceptors (Lipinski definition) is 1. The molecule has 0 atom stereocenters. The van der Waals surface area contributed by atoms with Gasteiger partial charge in [0, 0.05) is 15.7 Å². The van der Waals surface area contributed by atoms with E-state index in [0.29, 0.717) is 5.84 Å². The van der Waals surface area contributed by atoms with Crippen LogP contribution in [-0.2, 0) is 6.54 Å². The Labute approximate surface area is 115 Å². The number of hydrogen-bond donors (Lipinski definition) is 1. The second-order valence-corrected chi connectivity index (χ2v) is 5.38. The average Bonchev–Trinajstić information content (AvgIpc) is 2.71. The lowest BCUT2D eigenvalue weighted by Gasteiger charge is -2.18. The quantitative estimate of drug-likeness (QED) is 0.843. The van der Waals surface area contributed by atoms with Crippen molar-refractivity contribution in [2.75, 3.05) is 4.90 Å². The van der Waals surface area contributed by atoms with E-state index in [2.05, 4.69) is 47.1 Å². The lowest BCUT2D eigenvalue weighted by molar-refractivity contribution is 1.04. The van der Waals surface area contributed by atoms with Crippen molar-refractivity contribution in [2.45, 2.75) is 13.5 Å². The van der Waals surface area contributed by atoms with Crippen LogP contribution in [0.2, 0.25) is 0 Å². The highest BCUT2D eigenvalue weighted by molar-refractivity contribution is 9.10. The summed E-state index contributed by atoms with van der Waals surface area (Å²) in [6.07, 6.45) is 0. The lowest BCUT2D eigenvalue weighted by Crippen LogP contribution is -2.22. The second kappa shape index (κ2) is 4.25. The number of fused-ring (bicyclic) bond motifs is 1. The highest BCUT2D eigenvalue weighted by Crippen LogP contribution is 2.30. The monoisotopic (exact) mass is 300 g/mol. The summed E-state index contributed by atoms with van der Waals surface area (Å²) in [5, 5.41) is 8.26. The highest BCUT2D eigenvalue weighted by Gasteiger charge is 2.24. The second-order valence-electron chi connectivity index (χ2n) is 4.53. The summed E-state index contributed by atoms with van der Waals surface area (Å²) in [7, 11) is 0. The molecule has 0 bridgehead atoms. The van der Waals surface area contributed by atoms with E-state index in [-0.39, 0.29) is 0 Å². The van der Waals surface area contributed by atoms with Crippen LogP contribution >= 0.6 is 15.9 Å². The van der Waals surface area contributed by atoms with Crippen LogP contribution in [0, 0.1) is 12.3 Å². The van der Waals surface area contributed by atoms with Crippen molar-refractivity contribution in [1.29, 1.82) is 5.41 Å². The molecule has 0 amide bonds. The Kier molecular flexibility index (Phi) is 2.71. The molecule has 2 nitrogen and oxygen atoms in total. The van der Waals surface area contributed by atoms with E-state index in [4.69, 9.17) is 5.41 Å². The van der Waals surface area contributed by atoms with Crippen molar-refractivity contribution in [3.8, 4) is 0 Å². The van der Waals surface area contributed by atoms with Gasteiger partial charge in [0.05, 0.1) is 6.54 Å². The molecule has 3 rings (SSSR count). The van der Waals surface area contributed by atoms with Crippen LogP contribution in [-0.4, -0.2) is 5.84 Å². The first-order chi connectivity index (χ1) is 8.66. The molecule has 1 heterocycles. The van der Waals surface area contributed by atoms with Gasteiger partial charge in [-0.15, -0.1) is 0 Å². The van der Waals surface area contributed by atoms with Crippen LogP contribution in [0.25, 0.3) is 0 Å². The molecule has 3 heteroatoms. The number of amidine groups is 1. The third-order valence-electron chi connectivity index (χ3n) is 3.34. The van der Waals surface area contributed by atoms with Crippen LogP contribution in [0.1, 0.15) is 16.7 Å². The van der Waals surface area contributed by atoms with Gasteiger partial charge in [0.1, 0.15) is 5.84 Å². The van der Waals surface area contributed by atoms with Gasteiger partial charge in [-0.25, -0.2) is 0 Å². The van der Waals surface area contributed by atoms with Crippen molar-refractivity contribution in [3.05, 3.63) is 63.6 Å². The summed E-state index contributed by atoms with van der Waals surface area (Å²) < 4.78 is 1.09. The fourth-order valence-corrected chi connectivity index (χ4v) is 2.62. The molecule has 0 aliphatic carbocycles. The van der Waals surface area contributed by atoms with Gasteiger partial charge in [-0.3, -0.25) is 5.41 Å². The van der Waals surface area contributed by atoms with Gasteiger partial charge >= 0.3 is 0 Å². The van der Waals surface area contributed by atoms with E-state index >= 15 is 0 Å². The number of benzene rings is 2. The Hall–Kier alpha value is -1.61. The van der Waals surface area contributed by atoms with Gasteiger partial charge in [-0.2, -0.15) is 0 Å². The Morgan fingerprint density at radius 3 is 2.67 bits per heavy atom. The van der Waals surface area contributed by atoms with Crippen molar-refractivity contribution in [1.82, 2.24) is 0 Å². The normalized spacial score (nSPS) is 13.9. The van der Waals surface area contributed by atoms with Gasteiger partial charge < -0.3 is 4.90 Å². The fraction of sp³-hybridized carbons (Fsp3) is 0.133. The molecule has 1 N–H and O–H groups in total. The van der Waals surface area contributed by atoms with E-state index in [9.17, 15) is 0 Å². The minimum absolute atomic E-state index is 0.585. The van der Waals surface area contributed by atoms with E-state index < -0.39 is 0 Å². The molecule has 1 aliphatic heterocycles. The summed E-state index contributed by atoms with van der Waals surface area (Å²) in [6, 6.07) is 14.3. The summed E-state index contributed by atoms with van der Waals surface area (Å²) in [5.41, 5.74) is 4.53. The number of rotatable bonds is 1. The van der Waals surface area contributed by atoms with Crippen LogP contribution < -0.4 is 4.90 Å². The molecule has 2 aromatic rings. The Balaban J connectivity index is 2.01. The Morgan fingerprint density at radius 2 is 1.94 bits per heavy atom. The van der Waals surface area contributed by atoms with Crippen molar-refractivity contribution >= 4 is 27.5 Å². The van der Waals surface area contributed by atoms with Crippen LogP contribution in [0.15, 0.2) is 46.9 Å². The molecule has 18 heavy (non-hydrogen) atoms. The standard InChI is InChI=1S/C15H13BrN2/c1-10-6-7-12(8-14(10)16)18-9-11-4-2-3-5-13(11)15(18)17/h2-8,17H,9H2,1H3. The van der Waals surface area contributed by atoms with E-state index in [1.54, 1.807) is 0 Å². The molecule has 0 saturated heterocycles. The first kappa shape index (κ1) is 11.5. The van der Waals surface area contributed by atoms with Crippen molar-refractivity contribution in [3.63, 3.8) is 0 Å².